The van der Waals surface area contributed by atoms with Crippen LogP contribution in [0.2, 0.25) is 10.0 Å². The maximum absolute atomic E-state index is 6.18. The van der Waals surface area contributed by atoms with Gasteiger partial charge in [-0.2, -0.15) is 0 Å². The average molecular weight is 329 g/mol. The summed E-state index contributed by atoms with van der Waals surface area (Å²) in [6.07, 6.45) is 3.73. The lowest BCUT2D eigenvalue weighted by Crippen LogP contribution is -2.23. The van der Waals surface area contributed by atoms with Gasteiger partial charge in [-0.15, -0.1) is 0 Å². The van der Waals surface area contributed by atoms with Gasteiger partial charge >= 0.3 is 0 Å². The molecule has 1 atom stereocenters. The maximum Gasteiger partial charge on any atom is 0.125 e. The first-order valence-corrected chi connectivity index (χ1v) is 8.44. The third-order valence-electron chi connectivity index (χ3n) is 4.37. The van der Waals surface area contributed by atoms with Crippen molar-refractivity contribution in [1.29, 1.82) is 0 Å². The zero-order chi connectivity index (χ0) is 14.8. The molecule has 0 aromatic heterocycles. The molecule has 2 aliphatic rings. The lowest BCUT2D eigenvalue weighted by molar-refractivity contribution is 0.279. The van der Waals surface area contributed by atoms with Crippen LogP contribution in [-0.4, -0.2) is 31.1 Å². The summed E-state index contributed by atoms with van der Waals surface area (Å²) in [6.45, 7) is 4.55. The van der Waals surface area contributed by atoms with E-state index in [9.17, 15) is 0 Å². The van der Waals surface area contributed by atoms with Gasteiger partial charge in [0.15, 0.2) is 0 Å². The van der Waals surface area contributed by atoms with E-state index in [0.29, 0.717) is 16.0 Å². The van der Waals surface area contributed by atoms with Crippen LogP contribution in [0.4, 0.5) is 0 Å². The Bertz CT molecular complexity index is 505. The van der Waals surface area contributed by atoms with Crippen molar-refractivity contribution in [2.75, 3.05) is 26.2 Å². The van der Waals surface area contributed by atoms with E-state index in [1.807, 2.05) is 12.1 Å². The van der Waals surface area contributed by atoms with Gasteiger partial charge in [-0.05, 0) is 50.3 Å². The minimum atomic E-state index is 0.562. The Morgan fingerprint density at radius 3 is 2.57 bits per heavy atom. The average Bonchev–Trinajstić information content (AvgIpc) is 3.19. The largest absolute Gasteiger partial charge is 0.493 e. The molecule has 2 fully saturated rings. The molecule has 3 rings (SSSR count). The summed E-state index contributed by atoms with van der Waals surface area (Å²) in [7, 11) is 0. The zero-order valence-corrected chi connectivity index (χ0v) is 13.7. The molecule has 116 valence electrons. The highest BCUT2D eigenvalue weighted by Crippen LogP contribution is 2.35. The van der Waals surface area contributed by atoms with Gasteiger partial charge in [0.25, 0.3) is 0 Å². The van der Waals surface area contributed by atoms with E-state index in [1.165, 1.54) is 19.3 Å². The van der Waals surface area contributed by atoms with Crippen molar-refractivity contribution in [2.45, 2.75) is 25.8 Å². The molecule has 1 heterocycles. The van der Waals surface area contributed by atoms with Crippen molar-refractivity contribution in [1.82, 2.24) is 4.90 Å². The summed E-state index contributed by atoms with van der Waals surface area (Å²) < 4.78 is 5.97. The van der Waals surface area contributed by atoms with E-state index in [4.69, 9.17) is 33.7 Å². The summed E-state index contributed by atoms with van der Waals surface area (Å²) in [5, 5.41) is 1.16. The van der Waals surface area contributed by atoms with Crippen molar-refractivity contribution in [3.05, 3.63) is 27.7 Å². The number of ether oxygens (including phenoxy) is 1. The molecule has 1 aliphatic carbocycles. The summed E-state index contributed by atoms with van der Waals surface area (Å²) in [4.78, 5) is 2.42. The SMILES string of the molecule is NC[C@@H]1CCN(Cc2cc(Cl)c(Cl)cc2OCC2CC2)C1. The van der Waals surface area contributed by atoms with Gasteiger partial charge in [0.05, 0.1) is 16.7 Å². The van der Waals surface area contributed by atoms with Crippen LogP contribution >= 0.6 is 23.2 Å². The minimum Gasteiger partial charge on any atom is -0.493 e. The monoisotopic (exact) mass is 328 g/mol. The van der Waals surface area contributed by atoms with E-state index >= 15 is 0 Å². The molecule has 2 N–H and O–H groups in total. The summed E-state index contributed by atoms with van der Waals surface area (Å²) in [6, 6.07) is 3.81. The number of benzene rings is 1. The quantitative estimate of drug-likeness (QED) is 0.867. The fourth-order valence-corrected chi connectivity index (χ4v) is 3.15. The van der Waals surface area contributed by atoms with Crippen molar-refractivity contribution in [3.8, 4) is 5.75 Å². The van der Waals surface area contributed by atoms with Crippen LogP contribution in [-0.2, 0) is 6.54 Å². The lowest BCUT2D eigenvalue weighted by Gasteiger charge is -2.19. The topological polar surface area (TPSA) is 38.5 Å². The standard InChI is InChI=1S/C16H22Cl2N2O/c17-14-5-13(9-20-4-3-12(7-19)8-20)16(6-15(14)18)21-10-11-1-2-11/h5-6,11-12H,1-4,7-10,19H2/t12-/m0/s1. The van der Waals surface area contributed by atoms with Crippen molar-refractivity contribution < 1.29 is 4.74 Å². The smallest absolute Gasteiger partial charge is 0.125 e. The fourth-order valence-electron chi connectivity index (χ4n) is 2.81. The first-order chi connectivity index (χ1) is 10.2. The van der Waals surface area contributed by atoms with Crippen LogP contribution in [0.5, 0.6) is 5.75 Å². The van der Waals surface area contributed by atoms with E-state index in [-0.39, 0.29) is 0 Å². The number of nitrogens with zero attached hydrogens (tertiary/aromatic N) is 1. The number of halogens is 2. The molecule has 0 bridgehead atoms. The third kappa shape index (κ3) is 4.04. The normalized spacial score (nSPS) is 22.7. The first-order valence-electron chi connectivity index (χ1n) is 7.69. The molecule has 1 aromatic carbocycles. The predicted molar refractivity (Wildman–Crippen MR) is 87.1 cm³/mol. The van der Waals surface area contributed by atoms with Gasteiger partial charge in [-0.3, -0.25) is 4.90 Å². The molecule has 1 saturated carbocycles. The molecular formula is C16H22Cl2N2O. The van der Waals surface area contributed by atoms with Gasteiger partial charge in [0, 0.05) is 24.7 Å². The summed E-state index contributed by atoms with van der Waals surface area (Å²) in [5.41, 5.74) is 6.89. The molecule has 0 unspecified atom stereocenters. The van der Waals surface area contributed by atoms with Crippen LogP contribution in [0.25, 0.3) is 0 Å². The van der Waals surface area contributed by atoms with E-state index in [1.54, 1.807) is 0 Å². The Hall–Kier alpha value is -0.480. The van der Waals surface area contributed by atoms with Crippen LogP contribution in [0.1, 0.15) is 24.8 Å². The Labute approximate surface area is 136 Å². The van der Waals surface area contributed by atoms with Gasteiger partial charge in [0.1, 0.15) is 5.75 Å². The zero-order valence-electron chi connectivity index (χ0n) is 12.2. The Morgan fingerprint density at radius 2 is 1.90 bits per heavy atom. The summed E-state index contributed by atoms with van der Waals surface area (Å²) >= 11 is 12.3. The third-order valence-corrected chi connectivity index (χ3v) is 5.09. The molecule has 21 heavy (non-hydrogen) atoms. The molecule has 0 spiro atoms. The van der Waals surface area contributed by atoms with Crippen LogP contribution in [0.3, 0.4) is 0 Å². The van der Waals surface area contributed by atoms with Gasteiger partial charge in [0.2, 0.25) is 0 Å². The van der Waals surface area contributed by atoms with Crippen molar-refractivity contribution in [3.63, 3.8) is 0 Å². The Balaban J connectivity index is 1.70. The second kappa shape index (κ2) is 6.74. The van der Waals surface area contributed by atoms with Crippen molar-refractivity contribution >= 4 is 23.2 Å². The second-order valence-electron chi connectivity index (χ2n) is 6.25. The minimum absolute atomic E-state index is 0.562. The molecule has 1 aromatic rings. The molecule has 1 saturated heterocycles. The van der Waals surface area contributed by atoms with Gasteiger partial charge in [-0.25, -0.2) is 0 Å². The molecule has 3 nitrogen and oxygen atoms in total. The number of hydrogen-bond donors (Lipinski definition) is 1. The number of rotatable bonds is 6. The highest BCUT2D eigenvalue weighted by molar-refractivity contribution is 6.42. The highest BCUT2D eigenvalue weighted by Gasteiger charge is 2.25. The van der Waals surface area contributed by atoms with Gasteiger partial charge < -0.3 is 10.5 Å². The van der Waals surface area contributed by atoms with Crippen LogP contribution in [0.15, 0.2) is 12.1 Å². The Kier molecular flexibility index (Phi) is 4.95. The summed E-state index contributed by atoms with van der Waals surface area (Å²) in [5.74, 6) is 2.22. The second-order valence-corrected chi connectivity index (χ2v) is 7.07. The number of likely N-dealkylation sites (tertiary alicyclic amines) is 1. The lowest BCUT2D eigenvalue weighted by atomic mass is 10.1. The number of hydrogen-bond acceptors (Lipinski definition) is 3. The first kappa shape index (κ1) is 15.4. The maximum atomic E-state index is 6.18. The molecule has 0 radical (unpaired) electrons. The van der Waals surface area contributed by atoms with Gasteiger partial charge in [-0.1, -0.05) is 23.2 Å². The van der Waals surface area contributed by atoms with Crippen LogP contribution in [0, 0.1) is 11.8 Å². The molecular weight excluding hydrogens is 307 g/mol. The van der Waals surface area contributed by atoms with E-state index in [0.717, 1.165) is 50.0 Å². The van der Waals surface area contributed by atoms with E-state index < -0.39 is 0 Å². The number of nitrogens with two attached hydrogens (primary N) is 1. The fraction of sp³-hybridized carbons (Fsp3) is 0.625. The molecule has 0 amide bonds. The Morgan fingerprint density at radius 1 is 1.14 bits per heavy atom. The van der Waals surface area contributed by atoms with Crippen molar-refractivity contribution in [2.24, 2.45) is 17.6 Å². The highest BCUT2D eigenvalue weighted by atomic mass is 35.5. The van der Waals surface area contributed by atoms with E-state index in [2.05, 4.69) is 4.90 Å². The molecule has 5 heteroatoms. The van der Waals surface area contributed by atoms with Crippen LogP contribution < -0.4 is 10.5 Å². The predicted octanol–water partition coefficient (Wildman–Crippen LogP) is 3.56. The molecule has 1 aliphatic heterocycles.